The molecule has 1 fully saturated rings. The minimum atomic E-state index is -3.61. The number of carbonyl (C=O) groups excluding carboxylic acids is 2. The van der Waals surface area contributed by atoms with Crippen molar-refractivity contribution in [1.82, 2.24) is 4.90 Å². The van der Waals surface area contributed by atoms with Crippen LogP contribution in [-0.2, 0) is 35.2 Å². The van der Waals surface area contributed by atoms with E-state index in [4.69, 9.17) is 8.92 Å². The first-order valence-corrected chi connectivity index (χ1v) is 12.9. The van der Waals surface area contributed by atoms with Crippen LogP contribution in [0.4, 0.5) is 5.69 Å². The largest absolute Gasteiger partial charge is 0.456 e. The van der Waals surface area contributed by atoms with Gasteiger partial charge in [-0.1, -0.05) is 6.92 Å². The normalized spacial score (nSPS) is 23.2. The van der Waals surface area contributed by atoms with E-state index in [1.807, 2.05) is 6.92 Å². The third-order valence-electron chi connectivity index (χ3n) is 5.46. The van der Waals surface area contributed by atoms with Gasteiger partial charge >= 0.3 is 5.97 Å². The first-order valence-electron chi connectivity index (χ1n) is 10.1. The van der Waals surface area contributed by atoms with Crippen molar-refractivity contribution >= 4 is 39.4 Å². The van der Waals surface area contributed by atoms with Crippen molar-refractivity contribution in [3.8, 4) is 0 Å². The highest BCUT2D eigenvalue weighted by atomic mass is 32.2. The van der Waals surface area contributed by atoms with Gasteiger partial charge in [-0.3, -0.25) is 19.1 Å². The molecule has 1 aromatic rings. The maximum absolute atomic E-state index is 13.0. The van der Waals surface area contributed by atoms with Gasteiger partial charge in [0.05, 0.1) is 35.8 Å². The van der Waals surface area contributed by atoms with E-state index in [9.17, 15) is 33.2 Å². The topological polar surface area (TPSA) is 153 Å². The summed E-state index contributed by atoms with van der Waals surface area (Å²) in [7, 11) is -3.61. The number of ether oxygens (including phenoxy) is 1. The molecule has 0 radical (unpaired) electrons. The number of benzene rings is 1. The van der Waals surface area contributed by atoms with Gasteiger partial charge in [-0.2, -0.15) is 8.42 Å². The number of aliphatic hydroxyl groups excluding tert-OH is 1. The maximum atomic E-state index is 13.0. The first kappa shape index (κ1) is 25.1. The van der Waals surface area contributed by atoms with E-state index in [1.54, 1.807) is 0 Å². The van der Waals surface area contributed by atoms with Gasteiger partial charge < -0.3 is 14.7 Å². The minimum absolute atomic E-state index is 0.0701. The van der Waals surface area contributed by atoms with E-state index in [0.29, 0.717) is 10.5 Å². The van der Waals surface area contributed by atoms with Gasteiger partial charge in [-0.25, -0.2) is 4.79 Å². The molecule has 0 aliphatic carbocycles. The summed E-state index contributed by atoms with van der Waals surface area (Å²) in [4.78, 5) is 37.8. The lowest BCUT2D eigenvalue weighted by atomic mass is 9.79. The summed E-state index contributed by atoms with van der Waals surface area (Å²) in [6.45, 7) is 3.08. The molecule has 11 nitrogen and oxygen atoms in total. The van der Waals surface area contributed by atoms with E-state index in [2.05, 4.69) is 0 Å². The van der Waals surface area contributed by atoms with Crippen LogP contribution >= 0.6 is 11.8 Å². The number of nitrogens with zero attached hydrogens (tertiary/aromatic N) is 2. The minimum Gasteiger partial charge on any atom is -0.456 e. The van der Waals surface area contributed by atoms with E-state index < -0.39 is 39.1 Å². The van der Waals surface area contributed by atoms with Gasteiger partial charge in [0.2, 0.25) is 5.91 Å². The zero-order chi connectivity index (χ0) is 24.5. The van der Waals surface area contributed by atoms with Gasteiger partial charge in [0.1, 0.15) is 12.3 Å². The van der Waals surface area contributed by atoms with Gasteiger partial charge in [0.25, 0.3) is 15.8 Å². The number of nitro groups is 1. The van der Waals surface area contributed by atoms with Gasteiger partial charge in [-0.15, -0.1) is 11.8 Å². The molecule has 180 valence electrons. The second-order valence-corrected chi connectivity index (χ2v) is 10.6. The summed E-state index contributed by atoms with van der Waals surface area (Å²) in [6.07, 6.45) is 0.0463. The molecule has 13 heteroatoms. The van der Waals surface area contributed by atoms with Gasteiger partial charge in [0, 0.05) is 28.7 Å². The van der Waals surface area contributed by atoms with Crippen LogP contribution in [-0.4, -0.2) is 66.0 Å². The summed E-state index contributed by atoms with van der Waals surface area (Å²) in [5.41, 5.74) is 0.510. The van der Waals surface area contributed by atoms with Crippen molar-refractivity contribution in [1.29, 1.82) is 0 Å². The lowest BCUT2D eigenvalue weighted by Gasteiger charge is -2.46. The number of hydrogen-bond donors (Lipinski definition) is 1. The zero-order valence-electron chi connectivity index (χ0n) is 18.2. The SMILES string of the molecule is CC1C(SCCOS(C)(=O)=O)=C(C(=O)OCc2ccc([N+](=O)[O-])cc2)N2C(=O)C([C@@H](C)O)C12. The lowest BCUT2D eigenvalue weighted by molar-refractivity contribution is -0.384. The Hall–Kier alpha value is -2.48. The smallest absolute Gasteiger partial charge is 0.356 e. The third kappa shape index (κ3) is 5.37. The Morgan fingerprint density at radius 2 is 1.97 bits per heavy atom. The van der Waals surface area contributed by atoms with Gasteiger partial charge in [0.15, 0.2) is 0 Å². The molecule has 0 saturated carbocycles. The molecule has 0 aromatic heterocycles. The van der Waals surface area contributed by atoms with E-state index in [0.717, 1.165) is 6.26 Å². The Kier molecular flexibility index (Phi) is 7.46. The number of β-lactam (4-membered cyclic amide) rings is 1. The highest BCUT2D eigenvalue weighted by molar-refractivity contribution is 8.03. The van der Waals surface area contributed by atoms with Crippen molar-refractivity contribution in [3.05, 3.63) is 50.5 Å². The van der Waals surface area contributed by atoms with Gasteiger partial charge in [-0.05, 0) is 24.6 Å². The maximum Gasteiger partial charge on any atom is 0.356 e. The quantitative estimate of drug-likeness (QED) is 0.125. The number of hydrogen-bond acceptors (Lipinski definition) is 10. The van der Waals surface area contributed by atoms with Crippen LogP contribution in [0, 0.1) is 22.0 Å². The third-order valence-corrected chi connectivity index (χ3v) is 7.30. The number of non-ortho nitro benzene ring substituents is 1. The Bertz CT molecular complexity index is 1080. The molecule has 3 rings (SSSR count). The number of thioether (sulfide) groups is 1. The molecular weight excluding hydrogens is 476 g/mol. The molecular formula is C20H24N2O9S2. The van der Waals surface area contributed by atoms with Crippen molar-refractivity contribution in [2.45, 2.75) is 32.6 Å². The number of carbonyl (C=O) groups is 2. The van der Waals surface area contributed by atoms with Crippen LogP contribution in [0.2, 0.25) is 0 Å². The summed E-state index contributed by atoms with van der Waals surface area (Å²) in [5.74, 6) is -1.82. The number of aliphatic hydroxyl groups is 1. The second-order valence-electron chi connectivity index (χ2n) is 7.84. The highest BCUT2D eigenvalue weighted by Gasteiger charge is 2.60. The predicted octanol–water partition coefficient (Wildman–Crippen LogP) is 1.42. The molecule has 0 bridgehead atoms. The van der Waals surface area contributed by atoms with Crippen LogP contribution in [0.15, 0.2) is 34.9 Å². The molecule has 4 atom stereocenters. The molecule has 1 saturated heterocycles. The van der Waals surface area contributed by atoms with Crippen LogP contribution in [0.1, 0.15) is 19.4 Å². The van der Waals surface area contributed by atoms with Crippen molar-refractivity contribution in [2.75, 3.05) is 18.6 Å². The molecule has 0 spiro atoms. The molecule has 1 amide bonds. The molecule has 3 unspecified atom stereocenters. The van der Waals surface area contributed by atoms with Crippen LogP contribution in [0.3, 0.4) is 0 Å². The predicted molar refractivity (Wildman–Crippen MR) is 118 cm³/mol. The Morgan fingerprint density at radius 1 is 1.33 bits per heavy atom. The second kappa shape index (κ2) is 9.79. The summed E-state index contributed by atoms with van der Waals surface area (Å²) in [5, 5.41) is 20.8. The molecule has 2 heterocycles. The van der Waals surface area contributed by atoms with Crippen molar-refractivity contribution in [2.24, 2.45) is 11.8 Å². The van der Waals surface area contributed by atoms with Crippen molar-refractivity contribution < 1.29 is 37.0 Å². The average Bonchev–Trinajstić information content (AvgIpc) is 2.97. The number of fused-ring (bicyclic) bond motifs is 1. The fourth-order valence-electron chi connectivity index (χ4n) is 3.97. The first-order chi connectivity index (χ1) is 15.4. The fourth-order valence-corrected chi connectivity index (χ4v) is 5.57. The average molecular weight is 501 g/mol. The molecule has 33 heavy (non-hydrogen) atoms. The van der Waals surface area contributed by atoms with Crippen LogP contribution in [0.25, 0.3) is 0 Å². The molecule has 2 aliphatic rings. The summed E-state index contributed by atoms with van der Waals surface area (Å²) >= 11 is 1.20. The van der Waals surface area contributed by atoms with E-state index >= 15 is 0 Å². The monoisotopic (exact) mass is 500 g/mol. The molecule has 1 aromatic carbocycles. The number of nitro benzene ring substituents is 1. The van der Waals surface area contributed by atoms with E-state index in [-0.39, 0.29) is 42.2 Å². The standard InChI is InChI=1S/C20H24N2O9S2/c1-11-16-15(12(2)23)19(24)21(16)17(18(11)32-9-8-31-33(3,28)29)20(25)30-10-13-4-6-14(7-5-13)22(26)27/h4-7,11-12,15-16,23H,8-10H2,1-3H3/t11?,12-,15?,16?/m1/s1. The Labute approximate surface area is 195 Å². The Balaban J connectivity index is 1.76. The highest BCUT2D eigenvalue weighted by Crippen LogP contribution is 2.50. The number of amides is 1. The van der Waals surface area contributed by atoms with Crippen LogP contribution in [0.5, 0.6) is 0 Å². The molecule has 2 aliphatic heterocycles. The summed E-state index contributed by atoms with van der Waals surface area (Å²) < 4.78 is 32.5. The Morgan fingerprint density at radius 3 is 2.52 bits per heavy atom. The fraction of sp³-hybridized carbons (Fsp3) is 0.500. The molecule has 1 N–H and O–H groups in total. The lowest BCUT2D eigenvalue weighted by Crippen LogP contribution is -2.63. The number of esters is 1. The summed E-state index contributed by atoms with van der Waals surface area (Å²) in [6, 6.07) is 5.13. The van der Waals surface area contributed by atoms with E-state index in [1.165, 1.54) is 47.9 Å². The van der Waals surface area contributed by atoms with Crippen LogP contribution < -0.4 is 0 Å². The zero-order valence-corrected chi connectivity index (χ0v) is 19.8. The van der Waals surface area contributed by atoms with Crippen molar-refractivity contribution in [3.63, 3.8) is 0 Å². The number of rotatable bonds is 10.